The minimum absolute atomic E-state index is 0.153. The number of aromatic nitrogens is 2. The smallest absolute Gasteiger partial charge is 0.449 e. The van der Waals surface area contributed by atoms with Gasteiger partial charge < -0.3 is 34.3 Å². The van der Waals surface area contributed by atoms with Crippen molar-refractivity contribution in [1.29, 1.82) is 0 Å². The standard InChI is InChI=1S/C22H35N3O10/c1-4-6-8-12-32-19(28)24-16-10-11-25(18(27)23-16)22(31)21(3,30)17(26)15(35-22)14-34-20(29)33-13-9-7-5-2/h10-11,15,17,26,30-31H,4-9,12-14H2,1-3H3,(H,23,24,27,28)/t15-,17-,21-,22-/m1/s1. The molecule has 0 saturated carbocycles. The number of aliphatic hydroxyl groups is 3. The van der Waals surface area contributed by atoms with E-state index in [1.165, 1.54) is 6.07 Å². The molecule has 4 atom stereocenters. The van der Waals surface area contributed by atoms with Crippen molar-refractivity contribution in [3.8, 4) is 0 Å². The number of unbranched alkanes of at least 4 members (excludes halogenated alkanes) is 4. The first kappa shape index (κ1) is 28.5. The number of carbonyl (C=O) groups is 2. The van der Waals surface area contributed by atoms with Crippen molar-refractivity contribution in [2.75, 3.05) is 25.1 Å². The Morgan fingerprint density at radius 1 is 1.11 bits per heavy atom. The first-order chi connectivity index (χ1) is 16.6. The SMILES string of the molecule is CCCCCOC(=O)Nc1ccn([C@]2(O)O[C@H](COC(=O)OCCCCC)[C@@H](O)[C@@]2(C)O)c(=O)n1. The quantitative estimate of drug-likeness (QED) is 0.240. The summed E-state index contributed by atoms with van der Waals surface area (Å²) in [6, 6.07) is 1.18. The van der Waals surface area contributed by atoms with Crippen LogP contribution in [-0.2, 0) is 24.9 Å². The van der Waals surface area contributed by atoms with Crippen molar-refractivity contribution in [2.45, 2.75) is 83.0 Å². The van der Waals surface area contributed by atoms with Crippen molar-refractivity contribution in [2.24, 2.45) is 0 Å². The number of amides is 1. The molecule has 2 heterocycles. The molecule has 4 N–H and O–H groups in total. The number of anilines is 1. The van der Waals surface area contributed by atoms with E-state index in [2.05, 4.69) is 10.3 Å². The zero-order valence-corrected chi connectivity index (χ0v) is 20.3. The van der Waals surface area contributed by atoms with E-state index in [4.69, 9.17) is 18.9 Å². The van der Waals surface area contributed by atoms with Crippen LogP contribution in [0.5, 0.6) is 0 Å². The van der Waals surface area contributed by atoms with Gasteiger partial charge >= 0.3 is 17.9 Å². The lowest BCUT2D eigenvalue weighted by Gasteiger charge is -2.35. The van der Waals surface area contributed by atoms with Gasteiger partial charge in [0.1, 0.15) is 24.6 Å². The summed E-state index contributed by atoms with van der Waals surface area (Å²) in [4.78, 5) is 39.8. The van der Waals surface area contributed by atoms with Crippen LogP contribution in [0.4, 0.5) is 15.4 Å². The van der Waals surface area contributed by atoms with Gasteiger partial charge in [-0.3, -0.25) is 5.32 Å². The van der Waals surface area contributed by atoms with Crippen molar-refractivity contribution in [3.63, 3.8) is 0 Å². The minimum atomic E-state index is -2.76. The van der Waals surface area contributed by atoms with Crippen molar-refractivity contribution in [1.82, 2.24) is 9.55 Å². The van der Waals surface area contributed by atoms with Crippen LogP contribution in [0, 0.1) is 0 Å². The first-order valence-electron chi connectivity index (χ1n) is 11.7. The molecule has 1 amide bonds. The van der Waals surface area contributed by atoms with Crippen LogP contribution in [-0.4, -0.2) is 74.7 Å². The fourth-order valence-electron chi connectivity index (χ4n) is 3.44. The minimum Gasteiger partial charge on any atom is -0.449 e. The molecule has 0 spiro atoms. The van der Waals surface area contributed by atoms with Gasteiger partial charge in [-0.25, -0.2) is 19.0 Å². The molecule has 13 nitrogen and oxygen atoms in total. The Balaban J connectivity index is 2.04. The maximum Gasteiger partial charge on any atom is 0.508 e. The third-order valence-electron chi connectivity index (χ3n) is 5.58. The molecule has 0 unspecified atom stereocenters. The highest BCUT2D eigenvalue weighted by Crippen LogP contribution is 2.41. The number of nitrogens with zero attached hydrogens (tertiary/aromatic N) is 2. The van der Waals surface area contributed by atoms with Gasteiger partial charge in [0.05, 0.1) is 13.2 Å². The van der Waals surface area contributed by atoms with E-state index >= 15 is 0 Å². The predicted molar refractivity (Wildman–Crippen MR) is 122 cm³/mol. The summed E-state index contributed by atoms with van der Waals surface area (Å²) in [5.41, 5.74) is -3.49. The fraction of sp³-hybridized carbons (Fsp3) is 0.727. The average Bonchev–Trinajstić information content (AvgIpc) is 2.98. The van der Waals surface area contributed by atoms with E-state index in [0.717, 1.165) is 38.8 Å². The number of hydrogen-bond acceptors (Lipinski definition) is 11. The lowest BCUT2D eigenvalue weighted by molar-refractivity contribution is -0.321. The van der Waals surface area contributed by atoms with Crippen LogP contribution >= 0.6 is 0 Å². The molecule has 1 saturated heterocycles. The molecule has 1 aromatic heterocycles. The normalized spacial score (nSPS) is 25.8. The van der Waals surface area contributed by atoms with E-state index in [0.29, 0.717) is 17.4 Å². The van der Waals surface area contributed by atoms with Gasteiger partial charge in [0.2, 0.25) is 0 Å². The third-order valence-corrected chi connectivity index (χ3v) is 5.58. The Labute approximate surface area is 203 Å². The van der Waals surface area contributed by atoms with Gasteiger partial charge in [-0.05, 0) is 25.8 Å². The van der Waals surface area contributed by atoms with Gasteiger partial charge in [0.15, 0.2) is 5.60 Å². The highest BCUT2D eigenvalue weighted by atomic mass is 16.7. The maximum absolute atomic E-state index is 12.6. The zero-order chi connectivity index (χ0) is 26.1. The van der Waals surface area contributed by atoms with Crippen molar-refractivity contribution >= 4 is 18.1 Å². The molecule has 0 bridgehead atoms. The number of hydrogen-bond donors (Lipinski definition) is 4. The summed E-state index contributed by atoms with van der Waals surface area (Å²) in [7, 11) is 0. The Bertz CT molecular complexity index is 906. The second-order valence-electron chi connectivity index (χ2n) is 8.41. The Morgan fingerprint density at radius 3 is 2.34 bits per heavy atom. The molecule has 1 fully saturated rings. The topological polar surface area (TPSA) is 179 Å². The molecule has 1 aliphatic heterocycles. The van der Waals surface area contributed by atoms with Crippen molar-refractivity contribution < 1.29 is 43.9 Å². The molecule has 2 rings (SSSR count). The second-order valence-corrected chi connectivity index (χ2v) is 8.41. The highest BCUT2D eigenvalue weighted by molar-refractivity contribution is 5.83. The summed E-state index contributed by atoms with van der Waals surface area (Å²) >= 11 is 0. The number of carbonyl (C=O) groups excluding carboxylic acids is 2. The summed E-state index contributed by atoms with van der Waals surface area (Å²) < 4.78 is 20.7. The van der Waals surface area contributed by atoms with Gasteiger partial charge in [0.25, 0.3) is 5.91 Å². The number of rotatable bonds is 12. The molecule has 1 aromatic rings. The predicted octanol–water partition coefficient (Wildman–Crippen LogP) is 1.44. The van der Waals surface area contributed by atoms with Gasteiger partial charge in [0, 0.05) is 6.20 Å². The summed E-state index contributed by atoms with van der Waals surface area (Å²) in [5.74, 6) is -2.91. The summed E-state index contributed by atoms with van der Waals surface area (Å²) in [5, 5.41) is 34.6. The fourth-order valence-corrected chi connectivity index (χ4v) is 3.44. The van der Waals surface area contributed by atoms with Crippen LogP contribution in [0.1, 0.15) is 59.3 Å². The number of aliphatic hydroxyl groups excluding tert-OH is 1. The lowest BCUT2D eigenvalue weighted by atomic mass is 9.94. The molecule has 1 aliphatic rings. The Hall–Kier alpha value is -2.74. The molecule has 13 heteroatoms. The van der Waals surface area contributed by atoms with E-state index in [-0.39, 0.29) is 19.0 Å². The first-order valence-corrected chi connectivity index (χ1v) is 11.7. The second kappa shape index (κ2) is 12.8. The van der Waals surface area contributed by atoms with Crippen LogP contribution in [0.2, 0.25) is 0 Å². The summed E-state index contributed by atoms with van der Waals surface area (Å²) in [6.07, 6.45) is 1.14. The lowest BCUT2D eigenvalue weighted by Crippen LogP contribution is -2.58. The molecule has 0 radical (unpaired) electrons. The molecule has 198 valence electrons. The van der Waals surface area contributed by atoms with E-state index in [9.17, 15) is 29.7 Å². The monoisotopic (exact) mass is 501 g/mol. The highest BCUT2D eigenvalue weighted by Gasteiger charge is 2.64. The zero-order valence-electron chi connectivity index (χ0n) is 20.3. The van der Waals surface area contributed by atoms with E-state index in [1.54, 1.807) is 0 Å². The molecular formula is C22H35N3O10. The maximum atomic E-state index is 12.6. The van der Waals surface area contributed by atoms with Crippen LogP contribution in [0.25, 0.3) is 0 Å². The van der Waals surface area contributed by atoms with Gasteiger partial charge in [-0.1, -0.05) is 39.5 Å². The van der Waals surface area contributed by atoms with Crippen LogP contribution < -0.4 is 11.0 Å². The third kappa shape index (κ3) is 7.13. The van der Waals surface area contributed by atoms with Crippen LogP contribution in [0.3, 0.4) is 0 Å². The molecule has 0 aromatic carbocycles. The number of nitrogens with one attached hydrogen (secondary N) is 1. The van der Waals surface area contributed by atoms with Crippen LogP contribution in [0.15, 0.2) is 17.1 Å². The van der Waals surface area contributed by atoms with Gasteiger partial charge in [-0.15, -0.1) is 0 Å². The molecular weight excluding hydrogens is 466 g/mol. The van der Waals surface area contributed by atoms with E-state index < -0.39 is 48.3 Å². The Kier molecular flexibility index (Phi) is 10.4. The molecule has 0 aliphatic carbocycles. The largest absolute Gasteiger partial charge is 0.508 e. The Morgan fingerprint density at radius 2 is 1.74 bits per heavy atom. The van der Waals surface area contributed by atoms with Gasteiger partial charge in [-0.2, -0.15) is 4.98 Å². The summed E-state index contributed by atoms with van der Waals surface area (Å²) in [6.45, 7) is 4.87. The van der Waals surface area contributed by atoms with E-state index in [1.807, 2.05) is 13.8 Å². The average molecular weight is 502 g/mol. The number of ether oxygens (including phenoxy) is 4. The van der Waals surface area contributed by atoms with Crippen molar-refractivity contribution in [3.05, 3.63) is 22.7 Å². The molecule has 35 heavy (non-hydrogen) atoms.